The predicted molar refractivity (Wildman–Crippen MR) is 63.3 cm³/mol. The number of benzene rings is 1. The molecule has 1 rings (SSSR count). The van der Waals surface area contributed by atoms with Gasteiger partial charge in [-0.3, -0.25) is 0 Å². The van der Waals surface area contributed by atoms with Crippen molar-refractivity contribution in [2.45, 2.75) is 25.7 Å². The molecule has 1 aromatic carbocycles. The Morgan fingerprint density at radius 2 is 2.07 bits per heavy atom. The summed E-state index contributed by atoms with van der Waals surface area (Å²) < 4.78 is 5.69. The van der Waals surface area contributed by atoms with Crippen LogP contribution in [0, 0.1) is 12.8 Å². The van der Waals surface area contributed by atoms with Crippen molar-refractivity contribution in [1.29, 1.82) is 0 Å². The first kappa shape index (κ1) is 11.4. The van der Waals surface area contributed by atoms with Crippen LogP contribution < -0.4 is 4.74 Å². The van der Waals surface area contributed by atoms with E-state index in [1.807, 2.05) is 0 Å². The molecule has 0 spiro atoms. The first-order valence-electron chi connectivity index (χ1n) is 4.91. The van der Waals surface area contributed by atoms with Gasteiger partial charge >= 0.3 is 0 Å². The SMILES string of the molecule is CSc1ccc(OCC(C)C)c(C)c1. The van der Waals surface area contributed by atoms with Crippen molar-refractivity contribution >= 4 is 11.8 Å². The molecule has 1 aromatic rings. The lowest BCUT2D eigenvalue weighted by Gasteiger charge is -2.11. The minimum Gasteiger partial charge on any atom is -0.493 e. The van der Waals surface area contributed by atoms with Gasteiger partial charge in [0.2, 0.25) is 0 Å². The van der Waals surface area contributed by atoms with E-state index < -0.39 is 0 Å². The second kappa shape index (κ2) is 5.30. The molecule has 0 aliphatic carbocycles. The first-order valence-corrected chi connectivity index (χ1v) is 6.13. The molecule has 0 unspecified atom stereocenters. The second-order valence-electron chi connectivity index (χ2n) is 3.84. The van der Waals surface area contributed by atoms with Gasteiger partial charge in [-0.1, -0.05) is 13.8 Å². The Balaban J connectivity index is 2.69. The molecular weight excluding hydrogens is 192 g/mol. The van der Waals surface area contributed by atoms with Gasteiger partial charge < -0.3 is 4.74 Å². The lowest BCUT2D eigenvalue weighted by molar-refractivity contribution is 0.269. The van der Waals surface area contributed by atoms with Crippen LogP contribution in [-0.4, -0.2) is 12.9 Å². The minimum atomic E-state index is 0.578. The third kappa shape index (κ3) is 3.26. The maximum atomic E-state index is 5.69. The molecule has 0 aliphatic rings. The third-order valence-electron chi connectivity index (χ3n) is 1.95. The van der Waals surface area contributed by atoms with Gasteiger partial charge in [0, 0.05) is 4.90 Å². The standard InChI is InChI=1S/C12H18OS/c1-9(2)8-13-12-6-5-11(14-4)7-10(12)3/h5-7,9H,8H2,1-4H3. The zero-order valence-corrected chi connectivity index (χ0v) is 10.1. The Hall–Kier alpha value is -0.630. The van der Waals surface area contributed by atoms with Crippen LogP contribution in [0.2, 0.25) is 0 Å². The minimum absolute atomic E-state index is 0.578. The topological polar surface area (TPSA) is 9.23 Å². The van der Waals surface area contributed by atoms with Gasteiger partial charge in [0.15, 0.2) is 0 Å². The summed E-state index contributed by atoms with van der Waals surface area (Å²) in [6.45, 7) is 7.20. The molecule has 0 amide bonds. The quantitative estimate of drug-likeness (QED) is 0.700. The zero-order valence-electron chi connectivity index (χ0n) is 9.33. The van der Waals surface area contributed by atoms with E-state index in [1.165, 1.54) is 10.5 Å². The van der Waals surface area contributed by atoms with Crippen molar-refractivity contribution in [1.82, 2.24) is 0 Å². The second-order valence-corrected chi connectivity index (χ2v) is 4.72. The number of aryl methyl sites for hydroxylation is 1. The van der Waals surface area contributed by atoms with Gasteiger partial charge in [0.05, 0.1) is 6.61 Å². The molecule has 14 heavy (non-hydrogen) atoms. The summed E-state index contributed by atoms with van der Waals surface area (Å²) in [5.41, 5.74) is 1.22. The van der Waals surface area contributed by atoms with Crippen LogP contribution in [0.4, 0.5) is 0 Å². The summed E-state index contributed by atoms with van der Waals surface area (Å²) in [5.74, 6) is 1.59. The summed E-state index contributed by atoms with van der Waals surface area (Å²) >= 11 is 1.76. The molecule has 0 atom stereocenters. The molecule has 0 saturated heterocycles. The number of rotatable bonds is 4. The number of thioether (sulfide) groups is 1. The highest BCUT2D eigenvalue weighted by molar-refractivity contribution is 7.98. The van der Waals surface area contributed by atoms with Crippen LogP contribution in [-0.2, 0) is 0 Å². The number of hydrogen-bond donors (Lipinski definition) is 0. The van der Waals surface area contributed by atoms with Crippen LogP contribution >= 0.6 is 11.8 Å². The molecular formula is C12H18OS. The highest BCUT2D eigenvalue weighted by atomic mass is 32.2. The summed E-state index contributed by atoms with van der Waals surface area (Å²) in [6, 6.07) is 6.33. The van der Waals surface area contributed by atoms with Gasteiger partial charge in [0.25, 0.3) is 0 Å². The normalized spacial score (nSPS) is 10.6. The van der Waals surface area contributed by atoms with Crippen molar-refractivity contribution in [3.8, 4) is 5.75 Å². The molecule has 0 radical (unpaired) electrons. The molecule has 0 N–H and O–H groups in total. The van der Waals surface area contributed by atoms with Crippen molar-refractivity contribution in [2.24, 2.45) is 5.92 Å². The summed E-state index contributed by atoms with van der Waals surface area (Å²) in [6.07, 6.45) is 2.09. The van der Waals surface area contributed by atoms with Gasteiger partial charge in [-0.15, -0.1) is 11.8 Å². The first-order chi connectivity index (χ1) is 6.63. The fraction of sp³-hybridized carbons (Fsp3) is 0.500. The van der Waals surface area contributed by atoms with Crippen LogP contribution in [0.3, 0.4) is 0 Å². The van der Waals surface area contributed by atoms with Crippen molar-refractivity contribution < 1.29 is 4.74 Å². The number of hydrogen-bond acceptors (Lipinski definition) is 2. The Bertz CT molecular complexity index is 294. The Labute approximate surface area is 90.9 Å². The van der Waals surface area contributed by atoms with Gasteiger partial charge in [-0.05, 0) is 42.9 Å². The van der Waals surface area contributed by atoms with Gasteiger partial charge in [0.1, 0.15) is 5.75 Å². The van der Waals surface area contributed by atoms with E-state index in [2.05, 4.69) is 45.2 Å². The summed E-state index contributed by atoms with van der Waals surface area (Å²) in [7, 11) is 0. The molecule has 0 aliphatic heterocycles. The van der Waals surface area contributed by atoms with E-state index in [-0.39, 0.29) is 0 Å². The Morgan fingerprint density at radius 1 is 1.36 bits per heavy atom. The monoisotopic (exact) mass is 210 g/mol. The Kier molecular flexibility index (Phi) is 4.33. The predicted octanol–water partition coefficient (Wildman–Crippen LogP) is 3.75. The molecule has 2 heteroatoms. The molecule has 1 nitrogen and oxygen atoms in total. The molecule has 0 aromatic heterocycles. The number of ether oxygens (including phenoxy) is 1. The van der Waals surface area contributed by atoms with E-state index in [0.717, 1.165) is 12.4 Å². The van der Waals surface area contributed by atoms with Crippen molar-refractivity contribution in [3.05, 3.63) is 23.8 Å². The third-order valence-corrected chi connectivity index (χ3v) is 2.68. The van der Waals surface area contributed by atoms with E-state index in [9.17, 15) is 0 Å². The molecule has 78 valence electrons. The highest BCUT2D eigenvalue weighted by Gasteiger charge is 2.01. The van der Waals surface area contributed by atoms with Crippen molar-refractivity contribution in [2.75, 3.05) is 12.9 Å². The average Bonchev–Trinajstić information content (AvgIpc) is 2.15. The lowest BCUT2D eigenvalue weighted by Crippen LogP contribution is -2.05. The van der Waals surface area contributed by atoms with Crippen molar-refractivity contribution in [3.63, 3.8) is 0 Å². The van der Waals surface area contributed by atoms with Gasteiger partial charge in [-0.2, -0.15) is 0 Å². The maximum absolute atomic E-state index is 5.69. The molecule has 0 heterocycles. The summed E-state index contributed by atoms with van der Waals surface area (Å²) in [5, 5.41) is 0. The fourth-order valence-corrected chi connectivity index (χ4v) is 1.67. The van der Waals surface area contributed by atoms with Crippen LogP contribution in [0.1, 0.15) is 19.4 Å². The zero-order chi connectivity index (χ0) is 10.6. The Morgan fingerprint density at radius 3 is 2.57 bits per heavy atom. The molecule has 0 bridgehead atoms. The largest absolute Gasteiger partial charge is 0.493 e. The van der Waals surface area contributed by atoms with Crippen LogP contribution in [0.5, 0.6) is 5.75 Å². The van der Waals surface area contributed by atoms with Crippen LogP contribution in [0.25, 0.3) is 0 Å². The maximum Gasteiger partial charge on any atom is 0.122 e. The van der Waals surface area contributed by atoms with E-state index in [0.29, 0.717) is 5.92 Å². The van der Waals surface area contributed by atoms with E-state index in [1.54, 1.807) is 11.8 Å². The highest BCUT2D eigenvalue weighted by Crippen LogP contribution is 2.24. The van der Waals surface area contributed by atoms with Crippen LogP contribution in [0.15, 0.2) is 23.1 Å². The fourth-order valence-electron chi connectivity index (χ4n) is 1.17. The van der Waals surface area contributed by atoms with Gasteiger partial charge in [-0.25, -0.2) is 0 Å². The van der Waals surface area contributed by atoms with E-state index in [4.69, 9.17) is 4.74 Å². The lowest BCUT2D eigenvalue weighted by atomic mass is 10.2. The smallest absolute Gasteiger partial charge is 0.122 e. The van der Waals surface area contributed by atoms with E-state index >= 15 is 0 Å². The average molecular weight is 210 g/mol. The summed E-state index contributed by atoms with van der Waals surface area (Å²) in [4.78, 5) is 1.29. The molecule has 0 saturated carbocycles. The molecule has 0 fully saturated rings.